The van der Waals surface area contributed by atoms with E-state index in [1.54, 1.807) is 24.3 Å². The van der Waals surface area contributed by atoms with Gasteiger partial charge in [-0.15, -0.1) is 0 Å². The SMILES string of the molecule is CCCCCCCCCCCCCCCCOc1ccc(C(=O)NCCNC(=O)c2ccc(OCCCCCCCCCCCCCCCC)cc2)cc1. The Kier molecular flexibility index (Phi) is 30.1. The molecule has 0 saturated carbocycles. The van der Waals surface area contributed by atoms with Crippen molar-refractivity contribution in [3.05, 3.63) is 59.7 Å². The highest BCUT2D eigenvalue weighted by atomic mass is 16.5. The minimum absolute atomic E-state index is 0.164. The number of hydrogen-bond donors (Lipinski definition) is 2. The number of carbonyl (C=O) groups excluding carboxylic acids is 2. The standard InChI is InChI=1S/C48H80N2O4/c1-3-5-7-9-11-13-15-17-19-21-23-25-27-29-41-53-45-35-31-43(32-36-45)47(51)49-39-40-50-48(52)44-33-37-46(38-34-44)54-42-30-28-26-24-22-20-18-16-14-12-10-8-6-4-2/h31-38H,3-30,39-42H2,1-2H3,(H,49,51)(H,50,52). The number of benzene rings is 2. The van der Waals surface area contributed by atoms with Crippen LogP contribution < -0.4 is 20.1 Å². The molecular formula is C48H80N2O4. The van der Waals surface area contributed by atoms with Gasteiger partial charge in [0.25, 0.3) is 11.8 Å². The van der Waals surface area contributed by atoms with Crippen molar-refractivity contribution in [2.75, 3.05) is 26.3 Å². The van der Waals surface area contributed by atoms with Crippen molar-refractivity contribution in [3.8, 4) is 11.5 Å². The van der Waals surface area contributed by atoms with Gasteiger partial charge >= 0.3 is 0 Å². The first-order valence-corrected chi connectivity index (χ1v) is 22.7. The van der Waals surface area contributed by atoms with E-state index in [-0.39, 0.29) is 11.8 Å². The zero-order chi connectivity index (χ0) is 38.6. The quantitative estimate of drug-likeness (QED) is 0.0675. The summed E-state index contributed by atoms with van der Waals surface area (Å²) in [5.41, 5.74) is 1.16. The van der Waals surface area contributed by atoms with E-state index in [4.69, 9.17) is 9.47 Å². The Morgan fingerprint density at radius 1 is 0.370 bits per heavy atom. The van der Waals surface area contributed by atoms with Crippen LogP contribution in [0.4, 0.5) is 0 Å². The van der Waals surface area contributed by atoms with Crippen LogP contribution in [0.25, 0.3) is 0 Å². The molecule has 0 heterocycles. The predicted octanol–water partition coefficient (Wildman–Crippen LogP) is 13.6. The summed E-state index contributed by atoms with van der Waals surface area (Å²) in [5, 5.41) is 5.76. The monoisotopic (exact) mass is 749 g/mol. The van der Waals surface area contributed by atoms with E-state index in [9.17, 15) is 9.59 Å². The topological polar surface area (TPSA) is 76.7 Å². The van der Waals surface area contributed by atoms with Crippen LogP contribution in [-0.2, 0) is 0 Å². The second kappa shape index (κ2) is 34.5. The van der Waals surface area contributed by atoms with Crippen molar-refractivity contribution in [3.63, 3.8) is 0 Å². The van der Waals surface area contributed by atoms with E-state index < -0.39 is 0 Å². The van der Waals surface area contributed by atoms with Crippen LogP contribution in [0.1, 0.15) is 214 Å². The summed E-state index contributed by atoms with van der Waals surface area (Å²) in [7, 11) is 0. The van der Waals surface area contributed by atoms with Gasteiger partial charge in [0.2, 0.25) is 0 Å². The van der Waals surface area contributed by atoms with Gasteiger partial charge in [-0.2, -0.15) is 0 Å². The molecule has 0 aromatic heterocycles. The number of hydrogen-bond acceptors (Lipinski definition) is 4. The average Bonchev–Trinajstić information content (AvgIpc) is 3.19. The van der Waals surface area contributed by atoms with Crippen LogP contribution in [0.15, 0.2) is 48.5 Å². The molecule has 0 radical (unpaired) electrons. The number of amides is 2. The molecule has 0 aliphatic carbocycles. The average molecular weight is 749 g/mol. The summed E-state index contributed by atoms with van der Waals surface area (Å²) in [6, 6.07) is 14.6. The Labute approximate surface area is 331 Å². The molecule has 6 heteroatoms. The third kappa shape index (κ3) is 25.9. The van der Waals surface area contributed by atoms with Crippen molar-refractivity contribution in [1.29, 1.82) is 0 Å². The van der Waals surface area contributed by atoms with Gasteiger partial charge in [0.05, 0.1) is 13.2 Å². The lowest BCUT2D eigenvalue weighted by Crippen LogP contribution is -2.34. The maximum atomic E-state index is 12.6. The van der Waals surface area contributed by atoms with Crippen LogP contribution >= 0.6 is 0 Å². The molecule has 0 aliphatic rings. The van der Waals surface area contributed by atoms with Gasteiger partial charge in [0.15, 0.2) is 0 Å². The third-order valence-corrected chi connectivity index (χ3v) is 10.5. The van der Waals surface area contributed by atoms with E-state index in [1.807, 2.05) is 24.3 Å². The molecule has 0 bridgehead atoms. The summed E-state index contributed by atoms with van der Waals surface area (Å²) in [6.07, 6.45) is 37.6. The second-order valence-corrected chi connectivity index (χ2v) is 15.4. The van der Waals surface area contributed by atoms with Gasteiger partial charge in [-0.05, 0) is 61.4 Å². The number of unbranched alkanes of at least 4 members (excludes halogenated alkanes) is 26. The van der Waals surface area contributed by atoms with Crippen molar-refractivity contribution in [2.45, 2.75) is 194 Å². The van der Waals surface area contributed by atoms with Crippen LogP contribution in [0, 0.1) is 0 Å². The lowest BCUT2D eigenvalue weighted by molar-refractivity contribution is 0.0927. The molecule has 0 saturated heterocycles. The van der Waals surface area contributed by atoms with Crippen molar-refractivity contribution < 1.29 is 19.1 Å². The first-order valence-electron chi connectivity index (χ1n) is 22.7. The fourth-order valence-electron chi connectivity index (χ4n) is 6.93. The van der Waals surface area contributed by atoms with Crippen LogP contribution in [0.2, 0.25) is 0 Å². The van der Waals surface area contributed by atoms with E-state index in [2.05, 4.69) is 24.5 Å². The molecule has 0 fully saturated rings. The second-order valence-electron chi connectivity index (χ2n) is 15.4. The van der Waals surface area contributed by atoms with Gasteiger partial charge in [0.1, 0.15) is 11.5 Å². The highest BCUT2D eigenvalue weighted by Gasteiger charge is 2.08. The molecule has 0 spiro atoms. The Morgan fingerprint density at radius 3 is 0.870 bits per heavy atom. The molecule has 2 N–H and O–H groups in total. The van der Waals surface area contributed by atoms with Crippen LogP contribution in [0.3, 0.4) is 0 Å². The normalized spacial score (nSPS) is 11.1. The van der Waals surface area contributed by atoms with Gasteiger partial charge in [0, 0.05) is 24.2 Å². The van der Waals surface area contributed by atoms with Crippen LogP contribution in [0.5, 0.6) is 11.5 Å². The molecule has 306 valence electrons. The molecule has 0 aliphatic heterocycles. The smallest absolute Gasteiger partial charge is 0.251 e. The van der Waals surface area contributed by atoms with Gasteiger partial charge in [-0.25, -0.2) is 0 Å². The maximum absolute atomic E-state index is 12.6. The Hall–Kier alpha value is -3.02. The Balaban J connectivity index is 1.42. The van der Waals surface area contributed by atoms with E-state index in [0.29, 0.717) is 37.4 Å². The van der Waals surface area contributed by atoms with Gasteiger partial charge in [-0.1, -0.05) is 181 Å². The first kappa shape index (κ1) is 47.1. The van der Waals surface area contributed by atoms with E-state index in [0.717, 1.165) is 24.3 Å². The number of nitrogens with one attached hydrogen (secondary N) is 2. The molecule has 6 nitrogen and oxygen atoms in total. The Morgan fingerprint density at radius 2 is 0.611 bits per heavy atom. The zero-order valence-corrected chi connectivity index (χ0v) is 34.9. The van der Waals surface area contributed by atoms with Gasteiger partial charge < -0.3 is 20.1 Å². The van der Waals surface area contributed by atoms with E-state index in [1.165, 1.54) is 167 Å². The number of carbonyl (C=O) groups is 2. The molecule has 0 atom stereocenters. The van der Waals surface area contributed by atoms with Crippen molar-refractivity contribution >= 4 is 11.8 Å². The summed E-state index contributed by atoms with van der Waals surface area (Å²) in [4.78, 5) is 25.2. The highest BCUT2D eigenvalue weighted by Crippen LogP contribution is 2.17. The molecule has 2 aromatic rings. The summed E-state index contributed by atoms with van der Waals surface area (Å²) in [5.74, 6) is 1.26. The predicted molar refractivity (Wildman–Crippen MR) is 229 cm³/mol. The van der Waals surface area contributed by atoms with Crippen molar-refractivity contribution in [1.82, 2.24) is 10.6 Å². The molecular weight excluding hydrogens is 669 g/mol. The minimum atomic E-state index is -0.164. The Bertz CT molecular complexity index is 1060. The number of rotatable bonds is 37. The lowest BCUT2D eigenvalue weighted by atomic mass is 10.0. The molecule has 0 unspecified atom stereocenters. The third-order valence-electron chi connectivity index (χ3n) is 10.5. The summed E-state index contributed by atoms with van der Waals surface area (Å²) >= 11 is 0. The van der Waals surface area contributed by atoms with Gasteiger partial charge in [-0.3, -0.25) is 9.59 Å². The molecule has 2 rings (SSSR count). The summed E-state index contributed by atoms with van der Waals surface area (Å²) in [6.45, 7) is 6.67. The molecule has 2 amide bonds. The van der Waals surface area contributed by atoms with Crippen molar-refractivity contribution in [2.24, 2.45) is 0 Å². The zero-order valence-electron chi connectivity index (χ0n) is 34.9. The van der Waals surface area contributed by atoms with Crippen LogP contribution in [-0.4, -0.2) is 38.1 Å². The molecule has 2 aromatic carbocycles. The summed E-state index contributed by atoms with van der Waals surface area (Å²) < 4.78 is 11.8. The van der Waals surface area contributed by atoms with E-state index >= 15 is 0 Å². The number of ether oxygens (including phenoxy) is 2. The first-order chi connectivity index (χ1) is 26.6. The lowest BCUT2D eigenvalue weighted by Gasteiger charge is -2.10. The fourth-order valence-corrected chi connectivity index (χ4v) is 6.93. The highest BCUT2D eigenvalue weighted by molar-refractivity contribution is 5.95. The minimum Gasteiger partial charge on any atom is -0.494 e. The molecule has 54 heavy (non-hydrogen) atoms. The maximum Gasteiger partial charge on any atom is 0.251 e. The largest absolute Gasteiger partial charge is 0.494 e. The fraction of sp³-hybridized carbons (Fsp3) is 0.708.